The van der Waals surface area contributed by atoms with Gasteiger partial charge in [0.15, 0.2) is 0 Å². The fourth-order valence-electron chi connectivity index (χ4n) is 1.36. The van der Waals surface area contributed by atoms with E-state index < -0.39 is 0 Å². The van der Waals surface area contributed by atoms with E-state index in [1.807, 2.05) is 6.07 Å². The molecule has 1 aromatic rings. The van der Waals surface area contributed by atoms with Crippen LogP contribution in [0, 0.1) is 12.3 Å². The van der Waals surface area contributed by atoms with Crippen LogP contribution in [-0.2, 0) is 6.54 Å². The Morgan fingerprint density at radius 2 is 2.28 bits per heavy atom. The third-order valence-electron chi connectivity index (χ3n) is 2.09. The average molecular weight is 290 g/mol. The number of nitrogens with one attached hydrogen (secondary N) is 1. The molecule has 0 saturated carbocycles. The summed E-state index contributed by atoms with van der Waals surface area (Å²) < 4.78 is 5.40. The fraction of sp³-hybridized carbons (Fsp3) is 0.385. The van der Waals surface area contributed by atoms with Crippen LogP contribution in [0.5, 0.6) is 5.75 Å². The molecule has 0 radical (unpaired) electrons. The summed E-state index contributed by atoms with van der Waals surface area (Å²) in [5.74, 6) is 3.13. The van der Waals surface area contributed by atoms with Gasteiger partial charge in [0.05, 0.1) is 6.10 Å². The van der Waals surface area contributed by atoms with Gasteiger partial charge in [0.2, 0.25) is 0 Å². The van der Waals surface area contributed by atoms with Crippen LogP contribution >= 0.6 is 24.0 Å². The van der Waals surface area contributed by atoms with Crippen molar-refractivity contribution in [2.75, 3.05) is 13.2 Å². The van der Waals surface area contributed by atoms with Crippen LogP contribution in [0.3, 0.4) is 0 Å². The molecular formula is C13H17Cl2NO2. The van der Waals surface area contributed by atoms with E-state index in [1.54, 1.807) is 19.1 Å². The number of terminal acetylenes is 1. The highest BCUT2D eigenvalue weighted by Gasteiger charge is 2.05. The lowest BCUT2D eigenvalue weighted by molar-refractivity contribution is 0.190. The minimum Gasteiger partial charge on any atom is -0.481 e. The number of aliphatic hydroxyl groups excluding tert-OH is 1. The van der Waals surface area contributed by atoms with E-state index in [0.717, 1.165) is 5.56 Å². The second kappa shape index (κ2) is 9.07. The molecular weight excluding hydrogens is 273 g/mol. The maximum Gasteiger partial charge on any atom is 0.148 e. The van der Waals surface area contributed by atoms with Crippen LogP contribution in [0.15, 0.2) is 18.2 Å². The van der Waals surface area contributed by atoms with Crippen LogP contribution < -0.4 is 10.1 Å². The van der Waals surface area contributed by atoms with Gasteiger partial charge in [-0.05, 0) is 25.1 Å². The lowest BCUT2D eigenvalue weighted by Crippen LogP contribution is -2.24. The molecule has 0 bridgehead atoms. The zero-order chi connectivity index (χ0) is 12.7. The van der Waals surface area contributed by atoms with Crippen molar-refractivity contribution in [3.63, 3.8) is 0 Å². The summed E-state index contributed by atoms with van der Waals surface area (Å²) in [6, 6.07) is 5.37. The molecule has 3 nitrogen and oxygen atoms in total. The van der Waals surface area contributed by atoms with Gasteiger partial charge >= 0.3 is 0 Å². The number of halogens is 2. The first kappa shape index (κ1) is 17.1. The molecule has 0 aliphatic heterocycles. The van der Waals surface area contributed by atoms with Crippen LogP contribution in [0.1, 0.15) is 12.5 Å². The molecule has 0 heterocycles. The van der Waals surface area contributed by atoms with Gasteiger partial charge in [0.1, 0.15) is 12.4 Å². The summed E-state index contributed by atoms with van der Waals surface area (Å²) in [7, 11) is 0. The first-order chi connectivity index (χ1) is 8.13. The molecule has 1 rings (SSSR count). The van der Waals surface area contributed by atoms with Crippen LogP contribution in [0.4, 0.5) is 0 Å². The van der Waals surface area contributed by atoms with Crippen molar-refractivity contribution in [2.45, 2.75) is 19.6 Å². The lowest BCUT2D eigenvalue weighted by Gasteiger charge is -2.12. The number of benzene rings is 1. The molecule has 18 heavy (non-hydrogen) atoms. The van der Waals surface area contributed by atoms with Gasteiger partial charge in [-0.1, -0.05) is 17.5 Å². The summed E-state index contributed by atoms with van der Waals surface area (Å²) in [6.45, 7) is 3.04. The van der Waals surface area contributed by atoms with E-state index in [-0.39, 0.29) is 25.1 Å². The molecule has 0 aromatic heterocycles. The van der Waals surface area contributed by atoms with Crippen LogP contribution in [0.25, 0.3) is 0 Å². The SMILES string of the molecule is C#CCOc1ccc(Cl)cc1CNCC(C)O.Cl. The molecule has 1 unspecified atom stereocenters. The van der Waals surface area contributed by atoms with Gasteiger partial charge in [-0.3, -0.25) is 0 Å². The highest BCUT2D eigenvalue weighted by atomic mass is 35.5. The Labute approximate surface area is 119 Å². The molecule has 5 heteroatoms. The monoisotopic (exact) mass is 289 g/mol. The number of ether oxygens (including phenoxy) is 1. The number of rotatable bonds is 6. The maximum absolute atomic E-state index is 9.15. The number of hydrogen-bond donors (Lipinski definition) is 2. The van der Waals surface area contributed by atoms with Crippen molar-refractivity contribution in [3.05, 3.63) is 28.8 Å². The molecule has 0 aliphatic carbocycles. The molecule has 0 aliphatic rings. The van der Waals surface area contributed by atoms with Gasteiger partial charge in [0.25, 0.3) is 0 Å². The van der Waals surface area contributed by atoms with E-state index in [1.165, 1.54) is 0 Å². The Balaban J connectivity index is 0.00000289. The van der Waals surface area contributed by atoms with Gasteiger partial charge < -0.3 is 15.2 Å². The maximum atomic E-state index is 9.15. The standard InChI is InChI=1S/C13H16ClNO2.ClH/c1-3-6-17-13-5-4-12(14)7-11(13)9-15-8-10(2)16;/h1,4-5,7,10,15-16H,6,8-9H2,2H3;1H. The smallest absolute Gasteiger partial charge is 0.148 e. The van der Waals surface area contributed by atoms with E-state index in [0.29, 0.717) is 23.9 Å². The van der Waals surface area contributed by atoms with Crippen LogP contribution in [-0.4, -0.2) is 24.4 Å². The van der Waals surface area contributed by atoms with E-state index >= 15 is 0 Å². The normalized spacial score (nSPS) is 11.2. The predicted molar refractivity (Wildman–Crippen MR) is 76.4 cm³/mol. The van der Waals surface area contributed by atoms with Crippen molar-refractivity contribution in [1.29, 1.82) is 0 Å². The molecule has 0 amide bonds. The Morgan fingerprint density at radius 3 is 2.89 bits per heavy atom. The van der Waals surface area contributed by atoms with E-state index in [9.17, 15) is 0 Å². The van der Waals surface area contributed by atoms with Crippen molar-refractivity contribution >= 4 is 24.0 Å². The minimum absolute atomic E-state index is 0. The summed E-state index contributed by atoms with van der Waals surface area (Å²) in [5, 5.41) is 12.9. The molecule has 2 N–H and O–H groups in total. The molecule has 0 spiro atoms. The molecule has 0 fully saturated rings. The minimum atomic E-state index is -0.385. The zero-order valence-corrected chi connectivity index (χ0v) is 11.7. The first-order valence-electron chi connectivity index (χ1n) is 5.37. The fourth-order valence-corrected chi connectivity index (χ4v) is 1.56. The largest absolute Gasteiger partial charge is 0.481 e. The second-order valence-electron chi connectivity index (χ2n) is 3.72. The quantitative estimate of drug-likeness (QED) is 0.790. The molecule has 0 saturated heterocycles. The topological polar surface area (TPSA) is 41.5 Å². The molecule has 100 valence electrons. The van der Waals surface area contributed by atoms with Gasteiger partial charge in [0, 0.05) is 23.7 Å². The highest BCUT2D eigenvalue weighted by molar-refractivity contribution is 6.30. The van der Waals surface area contributed by atoms with Crippen molar-refractivity contribution in [2.24, 2.45) is 0 Å². The van der Waals surface area contributed by atoms with Crippen molar-refractivity contribution in [1.82, 2.24) is 5.32 Å². The zero-order valence-electron chi connectivity index (χ0n) is 10.1. The lowest BCUT2D eigenvalue weighted by atomic mass is 10.2. The summed E-state index contributed by atoms with van der Waals surface area (Å²) in [5.41, 5.74) is 0.924. The van der Waals surface area contributed by atoms with E-state index in [4.69, 9.17) is 27.9 Å². The van der Waals surface area contributed by atoms with E-state index in [2.05, 4.69) is 11.2 Å². The van der Waals surface area contributed by atoms with Gasteiger partial charge in [-0.25, -0.2) is 0 Å². The van der Waals surface area contributed by atoms with Crippen molar-refractivity contribution < 1.29 is 9.84 Å². The van der Waals surface area contributed by atoms with Crippen molar-refractivity contribution in [3.8, 4) is 18.1 Å². The van der Waals surface area contributed by atoms with Gasteiger partial charge in [-0.2, -0.15) is 0 Å². The second-order valence-corrected chi connectivity index (χ2v) is 4.16. The first-order valence-corrected chi connectivity index (χ1v) is 5.74. The third-order valence-corrected chi connectivity index (χ3v) is 2.32. The highest BCUT2D eigenvalue weighted by Crippen LogP contribution is 2.22. The Kier molecular flexibility index (Phi) is 8.61. The Bertz CT molecular complexity index is 402. The Morgan fingerprint density at radius 1 is 1.56 bits per heavy atom. The Hall–Kier alpha value is -0.920. The third kappa shape index (κ3) is 6.13. The average Bonchev–Trinajstić information content (AvgIpc) is 2.27. The number of hydrogen-bond acceptors (Lipinski definition) is 3. The molecule has 1 atom stereocenters. The summed E-state index contributed by atoms with van der Waals surface area (Å²) >= 11 is 5.92. The predicted octanol–water partition coefficient (Wildman–Crippen LogP) is 2.24. The molecule has 1 aromatic carbocycles. The summed E-state index contributed by atoms with van der Waals surface area (Å²) in [4.78, 5) is 0. The number of aliphatic hydroxyl groups is 1. The van der Waals surface area contributed by atoms with Crippen LogP contribution in [0.2, 0.25) is 5.02 Å². The summed E-state index contributed by atoms with van der Waals surface area (Å²) in [6.07, 6.45) is 4.76. The van der Waals surface area contributed by atoms with Gasteiger partial charge in [-0.15, -0.1) is 18.8 Å².